The number of hydrogen-bond donors (Lipinski definition) is 2. The molecule has 5 nitrogen and oxygen atoms in total. The third-order valence-electron chi connectivity index (χ3n) is 2.53. The molecular formula is C12H14FNO4. The van der Waals surface area contributed by atoms with Crippen LogP contribution in [0.25, 0.3) is 0 Å². The zero-order valence-corrected chi connectivity index (χ0v) is 10.1. The number of carboxylic acids is 1. The zero-order chi connectivity index (χ0) is 13.9. The molecule has 0 aliphatic carbocycles. The summed E-state index contributed by atoms with van der Waals surface area (Å²) in [6.45, 7) is 2.82. The number of rotatable bonds is 4. The van der Waals surface area contributed by atoms with Gasteiger partial charge in [0.2, 0.25) is 5.91 Å². The Hall–Kier alpha value is -2.11. The van der Waals surface area contributed by atoms with E-state index in [1.54, 1.807) is 6.92 Å². The normalized spacial score (nSPS) is 11.9. The lowest BCUT2D eigenvalue weighted by Crippen LogP contribution is -2.44. The number of aliphatic carboxylic acids is 1. The topological polar surface area (TPSA) is 77.8 Å². The fourth-order valence-electron chi connectivity index (χ4n) is 1.69. The first-order valence-electron chi connectivity index (χ1n) is 5.39. The Balaban J connectivity index is 3.23. The highest BCUT2D eigenvalue weighted by Crippen LogP contribution is 2.25. The average molecular weight is 255 g/mol. The van der Waals surface area contributed by atoms with E-state index in [1.165, 1.54) is 13.0 Å². The van der Waals surface area contributed by atoms with Crippen LogP contribution in [0.4, 0.5) is 10.1 Å². The summed E-state index contributed by atoms with van der Waals surface area (Å²) in [6.07, 6.45) is 0.192. The Morgan fingerprint density at radius 2 is 2.06 bits per heavy atom. The molecule has 0 spiro atoms. The van der Waals surface area contributed by atoms with E-state index < -0.39 is 29.5 Å². The molecule has 0 radical (unpaired) electrons. The highest BCUT2D eigenvalue weighted by atomic mass is 19.1. The summed E-state index contributed by atoms with van der Waals surface area (Å²) in [6, 6.07) is 2.24. The van der Waals surface area contributed by atoms with Crippen LogP contribution in [-0.4, -0.2) is 28.1 Å². The molecule has 1 aromatic carbocycles. The highest BCUT2D eigenvalue weighted by Gasteiger charge is 2.27. The summed E-state index contributed by atoms with van der Waals surface area (Å²) < 4.78 is 13.2. The molecule has 6 heteroatoms. The number of halogens is 1. The number of carboxylic acid groups (broad SMARTS) is 1. The van der Waals surface area contributed by atoms with Crippen LogP contribution >= 0.6 is 0 Å². The van der Waals surface area contributed by atoms with Crippen molar-refractivity contribution < 1.29 is 24.2 Å². The average Bonchev–Trinajstić information content (AvgIpc) is 2.28. The van der Waals surface area contributed by atoms with E-state index >= 15 is 0 Å². The predicted octanol–water partition coefficient (Wildman–Crippen LogP) is 1.75. The smallest absolute Gasteiger partial charge is 0.326 e. The fraction of sp³-hybridized carbons (Fsp3) is 0.333. The van der Waals surface area contributed by atoms with Gasteiger partial charge < -0.3 is 10.2 Å². The largest absolute Gasteiger partial charge is 0.505 e. The number of aromatic hydroxyl groups is 1. The van der Waals surface area contributed by atoms with E-state index in [2.05, 4.69) is 0 Å². The standard InChI is InChI=1S/C12H14FNO4/c1-3-10(12(17)18)14(7(2)15)8-4-5-11(16)9(13)6-8/h4-6,10,16H,3H2,1-2H3,(H,17,18). The number of carbonyl (C=O) groups is 2. The summed E-state index contributed by atoms with van der Waals surface area (Å²) in [5.41, 5.74) is 0.104. The molecule has 0 heterocycles. The van der Waals surface area contributed by atoms with Gasteiger partial charge in [-0.2, -0.15) is 0 Å². The minimum absolute atomic E-state index is 0.104. The number of anilines is 1. The van der Waals surface area contributed by atoms with E-state index in [4.69, 9.17) is 10.2 Å². The van der Waals surface area contributed by atoms with Crippen LogP contribution in [0.5, 0.6) is 5.75 Å². The van der Waals surface area contributed by atoms with Gasteiger partial charge in [0, 0.05) is 18.7 Å². The molecule has 1 atom stereocenters. The number of hydrogen-bond acceptors (Lipinski definition) is 3. The van der Waals surface area contributed by atoms with Gasteiger partial charge in [-0.1, -0.05) is 6.92 Å². The summed E-state index contributed by atoms with van der Waals surface area (Å²) in [4.78, 5) is 23.6. The second-order valence-corrected chi connectivity index (χ2v) is 3.79. The third kappa shape index (κ3) is 2.77. The SMILES string of the molecule is CCC(C(=O)O)N(C(C)=O)c1ccc(O)c(F)c1. The van der Waals surface area contributed by atoms with Crippen LogP contribution < -0.4 is 4.90 Å². The quantitative estimate of drug-likeness (QED) is 0.859. The Morgan fingerprint density at radius 1 is 1.44 bits per heavy atom. The minimum Gasteiger partial charge on any atom is -0.505 e. The molecular weight excluding hydrogens is 241 g/mol. The van der Waals surface area contributed by atoms with Crippen molar-refractivity contribution in [1.82, 2.24) is 0 Å². The van der Waals surface area contributed by atoms with Crippen LogP contribution in [-0.2, 0) is 9.59 Å². The van der Waals surface area contributed by atoms with Crippen molar-refractivity contribution >= 4 is 17.6 Å². The monoisotopic (exact) mass is 255 g/mol. The lowest BCUT2D eigenvalue weighted by molar-refractivity contribution is -0.140. The second-order valence-electron chi connectivity index (χ2n) is 3.79. The van der Waals surface area contributed by atoms with Crippen molar-refractivity contribution in [2.45, 2.75) is 26.3 Å². The van der Waals surface area contributed by atoms with Crippen molar-refractivity contribution in [3.63, 3.8) is 0 Å². The maximum atomic E-state index is 13.2. The summed E-state index contributed by atoms with van der Waals surface area (Å²) >= 11 is 0. The van der Waals surface area contributed by atoms with E-state index in [9.17, 15) is 14.0 Å². The van der Waals surface area contributed by atoms with Crippen LogP contribution in [0, 0.1) is 5.82 Å². The van der Waals surface area contributed by atoms with E-state index in [-0.39, 0.29) is 12.1 Å². The maximum absolute atomic E-state index is 13.2. The van der Waals surface area contributed by atoms with Gasteiger partial charge in [0.15, 0.2) is 11.6 Å². The molecule has 1 rings (SSSR count). The molecule has 0 aromatic heterocycles. The van der Waals surface area contributed by atoms with Gasteiger partial charge in [0.05, 0.1) is 0 Å². The maximum Gasteiger partial charge on any atom is 0.326 e. The molecule has 0 saturated heterocycles. The molecule has 0 bridgehead atoms. The van der Waals surface area contributed by atoms with E-state index in [0.29, 0.717) is 0 Å². The molecule has 2 N–H and O–H groups in total. The summed E-state index contributed by atoms with van der Waals surface area (Å²) in [5, 5.41) is 18.1. The Bertz CT molecular complexity index is 475. The number of phenolic OH excluding ortho intramolecular Hbond substituents is 1. The minimum atomic E-state index is -1.17. The lowest BCUT2D eigenvalue weighted by atomic mass is 10.1. The zero-order valence-electron chi connectivity index (χ0n) is 10.1. The Labute approximate surface area is 103 Å². The highest BCUT2D eigenvalue weighted by molar-refractivity contribution is 5.97. The van der Waals surface area contributed by atoms with Gasteiger partial charge in [-0.05, 0) is 18.6 Å². The molecule has 1 amide bonds. The van der Waals surface area contributed by atoms with Crippen LogP contribution in [0.2, 0.25) is 0 Å². The van der Waals surface area contributed by atoms with Crippen molar-refractivity contribution in [3.8, 4) is 5.75 Å². The van der Waals surface area contributed by atoms with Crippen molar-refractivity contribution in [3.05, 3.63) is 24.0 Å². The number of benzene rings is 1. The second kappa shape index (κ2) is 5.48. The van der Waals surface area contributed by atoms with E-state index in [0.717, 1.165) is 17.0 Å². The predicted molar refractivity (Wildman–Crippen MR) is 62.9 cm³/mol. The van der Waals surface area contributed by atoms with Crippen LogP contribution in [0.15, 0.2) is 18.2 Å². The van der Waals surface area contributed by atoms with Crippen molar-refractivity contribution in [1.29, 1.82) is 0 Å². The third-order valence-corrected chi connectivity index (χ3v) is 2.53. The summed E-state index contributed by atoms with van der Waals surface area (Å²) in [7, 11) is 0. The molecule has 18 heavy (non-hydrogen) atoms. The molecule has 1 aromatic rings. The first-order valence-corrected chi connectivity index (χ1v) is 5.39. The lowest BCUT2D eigenvalue weighted by Gasteiger charge is -2.27. The first kappa shape index (κ1) is 14.0. The molecule has 0 saturated carbocycles. The molecule has 1 unspecified atom stereocenters. The molecule has 0 aliphatic heterocycles. The fourth-order valence-corrected chi connectivity index (χ4v) is 1.69. The van der Waals surface area contributed by atoms with Gasteiger partial charge in [-0.15, -0.1) is 0 Å². The molecule has 0 fully saturated rings. The van der Waals surface area contributed by atoms with Crippen LogP contribution in [0.1, 0.15) is 20.3 Å². The molecule has 98 valence electrons. The van der Waals surface area contributed by atoms with E-state index in [1.807, 2.05) is 0 Å². The van der Waals surface area contributed by atoms with Gasteiger partial charge in [0.25, 0.3) is 0 Å². The number of phenols is 1. The first-order chi connectivity index (χ1) is 8.38. The summed E-state index contributed by atoms with van der Waals surface area (Å²) in [5.74, 6) is -3.12. The van der Waals surface area contributed by atoms with Gasteiger partial charge in [0.1, 0.15) is 6.04 Å². The van der Waals surface area contributed by atoms with Crippen LogP contribution in [0.3, 0.4) is 0 Å². The number of nitrogens with zero attached hydrogens (tertiary/aromatic N) is 1. The Morgan fingerprint density at radius 3 is 2.44 bits per heavy atom. The van der Waals surface area contributed by atoms with Crippen molar-refractivity contribution in [2.75, 3.05) is 4.90 Å². The molecule has 0 aliphatic rings. The Kier molecular flexibility index (Phi) is 4.25. The number of amides is 1. The van der Waals surface area contributed by atoms with Gasteiger partial charge in [-0.3, -0.25) is 9.69 Å². The van der Waals surface area contributed by atoms with Crippen molar-refractivity contribution in [2.24, 2.45) is 0 Å². The number of carbonyl (C=O) groups excluding carboxylic acids is 1. The van der Waals surface area contributed by atoms with Gasteiger partial charge in [-0.25, -0.2) is 9.18 Å². The van der Waals surface area contributed by atoms with Gasteiger partial charge >= 0.3 is 5.97 Å².